The maximum Gasteiger partial charge on any atom is 0.408 e. The molecule has 0 bridgehead atoms. The Morgan fingerprint density at radius 1 is 1.32 bits per heavy atom. The highest BCUT2D eigenvalue weighted by Gasteiger charge is 2.21. The number of rotatable bonds is 5. The summed E-state index contributed by atoms with van der Waals surface area (Å²) in [6.07, 6.45) is 1.35. The van der Waals surface area contributed by atoms with E-state index in [4.69, 9.17) is 4.74 Å². The van der Waals surface area contributed by atoms with Crippen LogP contribution in [0.4, 0.5) is 4.79 Å². The van der Waals surface area contributed by atoms with Crippen molar-refractivity contribution in [3.63, 3.8) is 0 Å². The summed E-state index contributed by atoms with van der Waals surface area (Å²) in [6, 6.07) is 9.85. The minimum Gasteiger partial charge on any atom is -0.444 e. The Balaban J connectivity index is 2.71. The van der Waals surface area contributed by atoms with Gasteiger partial charge in [-0.1, -0.05) is 60.4 Å². The van der Waals surface area contributed by atoms with E-state index >= 15 is 0 Å². The smallest absolute Gasteiger partial charge is 0.408 e. The Kier molecular flexibility index (Phi) is 6.38. The topological polar surface area (TPSA) is 58.6 Å². The fourth-order valence-electron chi connectivity index (χ4n) is 1.93. The van der Waals surface area contributed by atoms with Crippen LogP contribution in [0.25, 0.3) is 0 Å². The Morgan fingerprint density at radius 2 is 1.91 bits per heavy atom. The van der Waals surface area contributed by atoms with Crippen molar-refractivity contribution in [1.29, 1.82) is 0 Å². The molecule has 2 N–H and O–H groups in total. The van der Waals surface area contributed by atoms with E-state index in [9.17, 15) is 9.90 Å². The summed E-state index contributed by atoms with van der Waals surface area (Å²) in [4.78, 5) is 11.8. The zero-order chi connectivity index (χ0) is 16.8. The normalized spacial score (nSPS) is 13.9. The quantitative estimate of drug-likeness (QED) is 0.820. The molecule has 22 heavy (non-hydrogen) atoms. The Bertz CT molecular complexity index is 506. The van der Waals surface area contributed by atoms with Crippen molar-refractivity contribution in [2.75, 3.05) is 6.61 Å². The summed E-state index contributed by atoms with van der Waals surface area (Å²) in [5.41, 5.74) is 1.58. The zero-order valence-corrected chi connectivity index (χ0v) is 15.1. The van der Waals surface area contributed by atoms with E-state index in [2.05, 4.69) is 36.2 Å². The molecule has 0 heterocycles. The molecule has 0 saturated heterocycles. The van der Waals surface area contributed by atoms with E-state index in [1.54, 1.807) is 0 Å². The van der Waals surface area contributed by atoms with E-state index in [0.29, 0.717) is 0 Å². The second kappa shape index (κ2) is 7.60. The van der Waals surface area contributed by atoms with Gasteiger partial charge in [0.15, 0.2) is 0 Å². The van der Waals surface area contributed by atoms with Crippen LogP contribution in [-0.4, -0.2) is 37.5 Å². The van der Waals surface area contributed by atoms with Gasteiger partial charge in [0, 0.05) is 0 Å². The third-order valence-corrected chi connectivity index (χ3v) is 6.01. The van der Waals surface area contributed by atoms with E-state index in [-0.39, 0.29) is 6.61 Å². The zero-order valence-electron chi connectivity index (χ0n) is 14.1. The molecule has 0 aliphatic carbocycles. The Morgan fingerprint density at radius 3 is 2.41 bits per heavy atom. The number of nitrogens with one attached hydrogen (secondary N) is 1. The summed E-state index contributed by atoms with van der Waals surface area (Å²) in [5.74, 6) is 0. The fourth-order valence-corrected chi connectivity index (χ4v) is 3.89. The lowest BCUT2D eigenvalue weighted by Crippen LogP contribution is -2.42. The molecule has 4 nitrogen and oxygen atoms in total. The molecule has 0 aliphatic heterocycles. The number of carbonyl (C=O) groups is 1. The van der Waals surface area contributed by atoms with Crippen LogP contribution >= 0.6 is 0 Å². The first-order valence-corrected chi connectivity index (χ1v) is 10.6. The van der Waals surface area contributed by atoms with Crippen LogP contribution in [-0.2, 0) is 4.74 Å². The maximum absolute atomic E-state index is 11.8. The first-order chi connectivity index (χ1) is 10.1. The average Bonchev–Trinajstić information content (AvgIpc) is 2.42. The van der Waals surface area contributed by atoms with E-state index in [0.717, 1.165) is 0 Å². The monoisotopic (exact) mass is 321 g/mol. The molecule has 1 rings (SSSR count). The molecule has 0 aromatic heterocycles. The molecule has 1 amide bonds. The molecule has 0 aliphatic rings. The van der Waals surface area contributed by atoms with Crippen LogP contribution in [0.1, 0.15) is 20.8 Å². The number of ether oxygens (including phenoxy) is 1. The van der Waals surface area contributed by atoms with Gasteiger partial charge < -0.3 is 15.2 Å². The maximum atomic E-state index is 11.8. The molecule has 0 fully saturated rings. The number of benzene rings is 1. The van der Waals surface area contributed by atoms with Gasteiger partial charge >= 0.3 is 6.09 Å². The van der Waals surface area contributed by atoms with Crippen LogP contribution in [0, 0.1) is 0 Å². The van der Waals surface area contributed by atoms with Gasteiger partial charge in [0.05, 0.1) is 12.6 Å². The van der Waals surface area contributed by atoms with Crippen molar-refractivity contribution in [1.82, 2.24) is 5.32 Å². The van der Waals surface area contributed by atoms with Gasteiger partial charge in [-0.2, -0.15) is 0 Å². The van der Waals surface area contributed by atoms with Crippen molar-refractivity contribution < 1.29 is 14.6 Å². The molecule has 1 aromatic carbocycles. The number of alkyl carbamates (subject to hydrolysis) is 1. The molecule has 0 spiro atoms. The number of amides is 1. The molecule has 1 aromatic rings. The second-order valence-electron chi connectivity index (χ2n) is 6.88. The Hall–Kier alpha value is -1.59. The SMILES string of the molecule is CC(C)(C)OC(=O)N[C@H](/C=C/[Si](C)(C)c1ccccc1)CO. The summed E-state index contributed by atoms with van der Waals surface area (Å²) < 4.78 is 5.20. The predicted octanol–water partition coefficient (Wildman–Crippen LogP) is 2.58. The minimum atomic E-state index is -1.74. The van der Waals surface area contributed by atoms with Crippen molar-refractivity contribution in [3.05, 3.63) is 42.1 Å². The molecule has 1 atom stereocenters. The largest absolute Gasteiger partial charge is 0.444 e. The number of hydrogen-bond acceptors (Lipinski definition) is 3. The fraction of sp³-hybridized carbons (Fsp3) is 0.471. The lowest BCUT2D eigenvalue weighted by atomic mass is 10.2. The first-order valence-electron chi connectivity index (χ1n) is 7.49. The van der Waals surface area contributed by atoms with Gasteiger partial charge in [-0.05, 0) is 20.8 Å². The molecule has 5 heteroatoms. The number of carbonyl (C=O) groups excluding carboxylic acids is 1. The highest BCUT2D eigenvalue weighted by molar-refractivity contribution is 6.93. The molecular formula is C17H27NO3Si. The van der Waals surface area contributed by atoms with E-state index in [1.807, 2.05) is 45.0 Å². The summed E-state index contributed by atoms with van der Waals surface area (Å²) in [5, 5.41) is 13.4. The van der Waals surface area contributed by atoms with Crippen LogP contribution in [0.5, 0.6) is 0 Å². The van der Waals surface area contributed by atoms with Crippen LogP contribution in [0.3, 0.4) is 0 Å². The number of hydrogen-bond donors (Lipinski definition) is 2. The third-order valence-electron chi connectivity index (χ3n) is 3.16. The molecule has 0 unspecified atom stereocenters. The minimum absolute atomic E-state index is 0.158. The second-order valence-corrected chi connectivity index (χ2v) is 11.2. The summed E-state index contributed by atoms with van der Waals surface area (Å²) >= 11 is 0. The Labute approximate surface area is 134 Å². The van der Waals surface area contributed by atoms with E-state index in [1.165, 1.54) is 5.19 Å². The van der Waals surface area contributed by atoms with Gasteiger partial charge in [-0.25, -0.2) is 4.79 Å². The van der Waals surface area contributed by atoms with Gasteiger partial charge in [0.2, 0.25) is 0 Å². The molecular weight excluding hydrogens is 294 g/mol. The van der Waals surface area contributed by atoms with Gasteiger partial charge in [0.1, 0.15) is 13.7 Å². The van der Waals surface area contributed by atoms with Crippen LogP contribution in [0.15, 0.2) is 42.1 Å². The molecule has 122 valence electrons. The highest BCUT2D eigenvalue weighted by Crippen LogP contribution is 2.08. The summed E-state index contributed by atoms with van der Waals surface area (Å²) in [6.45, 7) is 9.71. The van der Waals surface area contributed by atoms with Crippen LogP contribution < -0.4 is 10.5 Å². The lowest BCUT2D eigenvalue weighted by Gasteiger charge is -2.23. The highest BCUT2D eigenvalue weighted by atomic mass is 28.3. The van der Waals surface area contributed by atoms with Crippen molar-refractivity contribution in [2.24, 2.45) is 0 Å². The predicted molar refractivity (Wildman–Crippen MR) is 92.9 cm³/mol. The first kappa shape index (κ1) is 18.5. The number of aliphatic hydroxyl groups is 1. The van der Waals surface area contributed by atoms with E-state index < -0.39 is 25.8 Å². The number of aliphatic hydroxyl groups excluding tert-OH is 1. The van der Waals surface area contributed by atoms with Gasteiger partial charge in [-0.3, -0.25) is 0 Å². The van der Waals surface area contributed by atoms with Crippen molar-refractivity contribution in [3.8, 4) is 0 Å². The van der Waals surface area contributed by atoms with Gasteiger partial charge in [0.25, 0.3) is 0 Å². The standard InChI is InChI=1S/C17H27NO3Si/c1-17(2,3)21-16(20)18-14(13-19)11-12-22(4,5)15-9-7-6-8-10-15/h6-12,14,19H,13H2,1-5H3,(H,18,20)/b12-11+/t14-/m1/s1. The third kappa shape index (κ3) is 6.45. The lowest BCUT2D eigenvalue weighted by molar-refractivity contribution is 0.0498. The van der Waals surface area contributed by atoms with Gasteiger partial charge in [-0.15, -0.1) is 0 Å². The summed E-state index contributed by atoms with van der Waals surface area (Å²) in [7, 11) is -1.74. The molecule has 0 saturated carbocycles. The van der Waals surface area contributed by atoms with Crippen molar-refractivity contribution in [2.45, 2.75) is 45.5 Å². The molecule has 0 radical (unpaired) electrons. The van der Waals surface area contributed by atoms with Crippen molar-refractivity contribution >= 4 is 19.4 Å². The average molecular weight is 321 g/mol. The van der Waals surface area contributed by atoms with Crippen LogP contribution in [0.2, 0.25) is 13.1 Å².